The van der Waals surface area contributed by atoms with E-state index in [0.29, 0.717) is 17.8 Å². The first kappa shape index (κ1) is 14.5. The van der Waals surface area contributed by atoms with Crippen LogP contribution in [-0.4, -0.2) is 21.0 Å². The molecule has 21 heavy (non-hydrogen) atoms. The zero-order valence-electron chi connectivity index (χ0n) is 11.4. The van der Waals surface area contributed by atoms with Crippen LogP contribution in [0.1, 0.15) is 18.4 Å². The van der Waals surface area contributed by atoms with Gasteiger partial charge in [-0.2, -0.15) is 5.26 Å². The van der Waals surface area contributed by atoms with Crippen molar-refractivity contribution in [3.63, 3.8) is 0 Å². The summed E-state index contributed by atoms with van der Waals surface area (Å²) in [6.07, 6.45) is 7.35. The summed E-state index contributed by atoms with van der Waals surface area (Å²) in [6.45, 7) is 1.61. The molecule has 7 heteroatoms. The first-order valence-electron chi connectivity index (χ1n) is 6.59. The monoisotopic (exact) mass is 285 g/mol. The lowest BCUT2D eigenvalue weighted by Crippen LogP contribution is -2.05. The predicted molar refractivity (Wildman–Crippen MR) is 77.8 cm³/mol. The molecule has 2 aromatic rings. The second-order valence-electron chi connectivity index (χ2n) is 4.53. The number of nitrogens with one attached hydrogen (secondary N) is 1. The molecule has 0 radical (unpaired) electrons. The third kappa shape index (κ3) is 4.04. The minimum Gasteiger partial charge on any atom is -0.384 e. The van der Waals surface area contributed by atoms with Crippen LogP contribution in [0.15, 0.2) is 36.9 Å². The number of aryl methyl sites for hydroxylation is 1. The lowest BCUT2D eigenvalue weighted by Gasteiger charge is -2.08. The van der Waals surface area contributed by atoms with E-state index in [4.69, 9.17) is 5.26 Å². The van der Waals surface area contributed by atoms with Gasteiger partial charge in [0.15, 0.2) is 0 Å². The third-order valence-electron chi connectivity index (χ3n) is 3.05. The summed E-state index contributed by atoms with van der Waals surface area (Å²) in [7, 11) is 0. The molecule has 0 atom stereocenters. The highest BCUT2D eigenvalue weighted by atomic mass is 16.6. The molecule has 0 aliphatic carbocycles. The summed E-state index contributed by atoms with van der Waals surface area (Å²) in [5, 5.41) is 22.8. The van der Waals surface area contributed by atoms with Gasteiger partial charge >= 0.3 is 0 Å². The molecular formula is C14H15N5O2. The van der Waals surface area contributed by atoms with E-state index in [9.17, 15) is 10.1 Å². The molecule has 1 heterocycles. The van der Waals surface area contributed by atoms with E-state index in [-0.39, 0.29) is 5.69 Å². The molecule has 0 unspecified atom stereocenters. The number of nitriles is 1. The number of rotatable bonds is 7. The summed E-state index contributed by atoms with van der Waals surface area (Å²) in [5.41, 5.74) is 0.849. The Labute approximate surface area is 122 Å². The van der Waals surface area contributed by atoms with E-state index in [1.807, 2.05) is 16.8 Å². The van der Waals surface area contributed by atoms with Crippen molar-refractivity contribution in [2.24, 2.45) is 0 Å². The Morgan fingerprint density at radius 1 is 1.43 bits per heavy atom. The van der Waals surface area contributed by atoms with Crippen molar-refractivity contribution in [2.45, 2.75) is 19.4 Å². The minimum absolute atomic E-state index is 0.0720. The average molecular weight is 285 g/mol. The van der Waals surface area contributed by atoms with Gasteiger partial charge < -0.3 is 9.88 Å². The number of nitro benzene ring substituents is 1. The number of benzene rings is 1. The molecule has 0 fully saturated rings. The van der Waals surface area contributed by atoms with E-state index in [2.05, 4.69) is 10.3 Å². The molecule has 0 saturated carbocycles. The first-order valence-corrected chi connectivity index (χ1v) is 6.59. The maximum Gasteiger partial charge on any atom is 0.270 e. The van der Waals surface area contributed by atoms with Crippen LogP contribution in [0, 0.1) is 21.4 Å². The molecule has 0 aliphatic heterocycles. The van der Waals surface area contributed by atoms with E-state index in [1.165, 1.54) is 12.1 Å². The van der Waals surface area contributed by atoms with Crippen LogP contribution in [0.2, 0.25) is 0 Å². The lowest BCUT2D eigenvalue weighted by molar-refractivity contribution is -0.384. The van der Waals surface area contributed by atoms with Crippen molar-refractivity contribution in [3.8, 4) is 6.07 Å². The molecule has 0 bridgehead atoms. The van der Waals surface area contributed by atoms with E-state index < -0.39 is 4.92 Å². The van der Waals surface area contributed by atoms with Gasteiger partial charge in [-0.1, -0.05) is 0 Å². The van der Waals surface area contributed by atoms with Crippen LogP contribution in [-0.2, 0) is 6.54 Å². The van der Waals surface area contributed by atoms with Gasteiger partial charge in [0, 0.05) is 37.6 Å². The fraction of sp³-hybridized carbons (Fsp3) is 0.286. The number of non-ortho nitro benzene ring substituents is 1. The quantitative estimate of drug-likeness (QED) is 0.479. The molecule has 1 aromatic heterocycles. The molecule has 0 spiro atoms. The molecular weight excluding hydrogens is 270 g/mol. The highest BCUT2D eigenvalue weighted by Gasteiger charge is 2.09. The van der Waals surface area contributed by atoms with E-state index in [0.717, 1.165) is 19.4 Å². The smallest absolute Gasteiger partial charge is 0.270 e. The zero-order valence-corrected chi connectivity index (χ0v) is 11.4. The Morgan fingerprint density at radius 2 is 2.29 bits per heavy atom. The summed E-state index contributed by atoms with van der Waals surface area (Å²) >= 11 is 0. The normalized spacial score (nSPS) is 10.0. The Kier molecular flexibility index (Phi) is 4.88. The molecule has 1 aromatic carbocycles. The number of unbranched alkanes of at least 4 members (excludes halogenated alkanes) is 1. The minimum atomic E-state index is -0.504. The van der Waals surface area contributed by atoms with Gasteiger partial charge in [0.1, 0.15) is 6.07 Å². The van der Waals surface area contributed by atoms with Crippen LogP contribution in [0.4, 0.5) is 11.4 Å². The van der Waals surface area contributed by atoms with Gasteiger partial charge in [0.05, 0.1) is 22.5 Å². The van der Waals surface area contributed by atoms with Crippen LogP contribution in [0.3, 0.4) is 0 Å². The Morgan fingerprint density at radius 3 is 2.95 bits per heavy atom. The number of aromatic nitrogens is 2. The summed E-state index contributed by atoms with van der Waals surface area (Å²) < 4.78 is 2.01. The average Bonchev–Trinajstić information content (AvgIpc) is 3.00. The second-order valence-corrected chi connectivity index (χ2v) is 4.53. The number of nitro groups is 1. The molecule has 1 N–H and O–H groups in total. The summed E-state index contributed by atoms with van der Waals surface area (Å²) in [4.78, 5) is 14.1. The maximum absolute atomic E-state index is 10.7. The highest BCUT2D eigenvalue weighted by Crippen LogP contribution is 2.21. The predicted octanol–water partition coefficient (Wildman–Crippen LogP) is 2.56. The Balaban J connectivity index is 1.83. The Bertz CT molecular complexity index is 646. The number of nitrogens with zero attached hydrogens (tertiary/aromatic N) is 4. The summed E-state index contributed by atoms with van der Waals surface area (Å²) in [6, 6.07) is 6.23. The molecule has 0 amide bonds. The highest BCUT2D eigenvalue weighted by molar-refractivity contribution is 5.61. The van der Waals surface area contributed by atoms with Gasteiger partial charge in [0.2, 0.25) is 0 Å². The number of anilines is 1. The SMILES string of the molecule is N#Cc1cc([N+](=O)[O-])ccc1NCCCCn1ccnc1. The van der Waals surface area contributed by atoms with Crippen molar-refractivity contribution in [3.05, 3.63) is 52.6 Å². The third-order valence-corrected chi connectivity index (χ3v) is 3.05. The molecule has 2 rings (SSSR count). The van der Waals surface area contributed by atoms with Crippen LogP contribution in [0.25, 0.3) is 0 Å². The van der Waals surface area contributed by atoms with Crippen LogP contribution in [0.5, 0.6) is 0 Å². The van der Waals surface area contributed by atoms with Crippen molar-refractivity contribution >= 4 is 11.4 Å². The number of imidazole rings is 1. The van der Waals surface area contributed by atoms with Gasteiger partial charge in [-0.05, 0) is 18.9 Å². The topological polar surface area (TPSA) is 96.8 Å². The van der Waals surface area contributed by atoms with Crippen molar-refractivity contribution in [1.82, 2.24) is 9.55 Å². The standard InChI is InChI=1S/C14H15N5O2/c15-10-12-9-13(19(20)21)3-4-14(12)17-5-1-2-7-18-8-6-16-11-18/h3-4,6,8-9,11,17H,1-2,5,7H2. The van der Waals surface area contributed by atoms with Crippen LogP contribution >= 0.6 is 0 Å². The van der Waals surface area contributed by atoms with Crippen molar-refractivity contribution in [2.75, 3.05) is 11.9 Å². The number of hydrogen-bond acceptors (Lipinski definition) is 5. The lowest BCUT2D eigenvalue weighted by atomic mass is 10.1. The van der Waals surface area contributed by atoms with Gasteiger partial charge in [0.25, 0.3) is 5.69 Å². The number of hydrogen-bond donors (Lipinski definition) is 1. The van der Waals surface area contributed by atoms with Gasteiger partial charge in [-0.3, -0.25) is 10.1 Å². The van der Waals surface area contributed by atoms with E-state index >= 15 is 0 Å². The maximum atomic E-state index is 10.7. The fourth-order valence-electron chi connectivity index (χ4n) is 1.95. The van der Waals surface area contributed by atoms with Crippen LogP contribution < -0.4 is 5.32 Å². The van der Waals surface area contributed by atoms with E-state index in [1.54, 1.807) is 18.6 Å². The molecule has 108 valence electrons. The van der Waals surface area contributed by atoms with Gasteiger partial charge in [-0.15, -0.1) is 0 Å². The van der Waals surface area contributed by atoms with Crippen molar-refractivity contribution < 1.29 is 4.92 Å². The summed E-state index contributed by atoms with van der Waals surface area (Å²) in [5.74, 6) is 0. The Hall–Kier alpha value is -2.88. The fourth-order valence-corrected chi connectivity index (χ4v) is 1.95. The molecule has 0 aliphatic rings. The largest absolute Gasteiger partial charge is 0.384 e. The molecule has 0 saturated heterocycles. The van der Waals surface area contributed by atoms with Crippen molar-refractivity contribution in [1.29, 1.82) is 5.26 Å². The molecule has 7 nitrogen and oxygen atoms in total. The van der Waals surface area contributed by atoms with Gasteiger partial charge in [-0.25, -0.2) is 4.98 Å². The first-order chi connectivity index (χ1) is 10.2. The zero-order chi connectivity index (χ0) is 15.1. The second kappa shape index (κ2) is 7.05.